The smallest absolute Gasteiger partial charge is 0.480 e. The van der Waals surface area contributed by atoms with Crippen LogP contribution >= 0.6 is 0 Å². The molecular formula is C19H22F4N4O5. The van der Waals surface area contributed by atoms with Crippen LogP contribution in [-0.4, -0.2) is 69.5 Å². The second-order valence-corrected chi connectivity index (χ2v) is 7.07. The van der Waals surface area contributed by atoms with Gasteiger partial charge in [-0.1, -0.05) is 17.3 Å². The molecule has 1 atom stereocenters. The lowest BCUT2D eigenvalue weighted by molar-refractivity contribution is -0.192. The van der Waals surface area contributed by atoms with Crippen LogP contribution in [0.5, 0.6) is 0 Å². The number of benzene rings is 1. The Balaban J connectivity index is 0.000000451. The Morgan fingerprint density at radius 2 is 1.94 bits per heavy atom. The summed E-state index contributed by atoms with van der Waals surface area (Å²) in [5, 5.41) is 22.7. The molecule has 0 amide bonds. The van der Waals surface area contributed by atoms with Crippen molar-refractivity contribution in [3.63, 3.8) is 0 Å². The highest BCUT2D eigenvalue weighted by molar-refractivity contribution is 5.73. The number of halogens is 4. The highest BCUT2D eigenvalue weighted by atomic mass is 19.4. The normalized spacial score (nSPS) is 16.8. The van der Waals surface area contributed by atoms with Crippen molar-refractivity contribution >= 4 is 11.9 Å². The topological polar surface area (TPSA) is 129 Å². The van der Waals surface area contributed by atoms with E-state index in [9.17, 15) is 22.4 Å². The molecule has 1 aromatic carbocycles. The Hall–Kier alpha value is -3.06. The first-order chi connectivity index (χ1) is 15.1. The van der Waals surface area contributed by atoms with E-state index in [1.807, 2.05) is 0 Å². The van der Waals surface area contributed by atoms with Crippen molar-refractivity contribution < 1.29 is 41.9 Å². The lowest BCUT2D eigenvalue weighted by Crippen LogP contribution is -2.40. The van der Waals surface area contributed by atoms with Gasteiger partial charge < -0.3 is 20.1 Å². The molecule has 1 aromatic heterocycles. The quantitative estimate of drug-likeness (QED) is 0.531. The van der Waals surface area contributed by atoms with E-state index in [1.54, 1.807) is 18.2 Å². The fraction of sp³-hybridized carbons (Fsp3) is 0.474. The van der Waals surface area contributed by atoms with Crippen molar-refractivity contribution in [3.8, 4) is 11.5 Å². The van der Waals surface area contributed by atoms with Crippen molar-refractivity contribution in [1.82, 2.24) is 20.4 Å². The van der Waals surface area contributed by atoms with Gasteiger partial charge in [-0.3, -0.25) is 9.69 Å². The molecule has 2 heterocycles. The van der Waals surface area contributed by atoms with Crippen molar-refractivity contribution in [1.29, 1.82) is 0 Å². The molecule has 0 radical (unpaired) electrons. The van der Waals surface area contributed by atoms with Gasteiger partial charge in [-0.15, -0.1) is 0 Å². The van der Waals surface area contributed by atoms with E-state index in [4.69, 9.17) is 19.5 Å². The van der Waals surface area contributed by atoms with E-state index in [-0.39, 0.29) is 18.3 Å². The van der Waals surface area contributed by atoms with Crippen LogP contribution < -0.4 is 5.32 Å². The summed E-state index contributed by atoms with van der Waals surface area (Å²) in [5.74, 6) is -2.89. The molecule has 1 fully saturated rings. The summed E-state index contributed by atoms with van der Waals surface area (Å²) in [4.78, 5) is 26.0. The molecule has 176 valence electrons. The standard InChI is InChI=1S/C17H21FN4O3.C2HF3O2/c18-14-6-2-1-5-13(14)17-20-15(21-25-17)11-22-7-3-4-12(10-22)8-19-9-16(23)24;3-2(4,5)1(6)7/h1-2,5-6,12,19H,3-4,7-11H2,(H,23,24);(H,6,7). The maximum Gasteiger partial charge on any atom is 0.490 e. The van der Waals surface area contributed by atoms with Crippen molar-refractivity contribution in [3.05, 3.63) is 35.9 Å². The highest BCUT2D eigenvalue weighted by Gasteiger charge is 2.38. The molecule has 9 nitrogen and oxygen atoms in total. The van der Waals surface area contributed by atoms with E-state index in [0.29, 0.717) is 30.4 Å². The predicted octanol–water partition coefficient (Wildman–Crippen LogP) is 2.40. The Morgan fingerprint density at radius 3 is 2.56 bits per heavy atom. The molecule has 3 N–H and O–H groups in total. The molecule has 1 unspecified atom stereocenters. The van der Waals surface area contributed by atoms with Gasteiger partial charge in [0, 0.05) is 6.54 Å². The molecule has 1 aliphatic heterocycles. The Bertz CT molecular complexity index is 906. The molecule has 1 saturated heterocycles. The number of carbonyl (C=O) groups is 2. The average Bonchev–Trinajstić information content (AvgIpc) is 3.16. The van der Waals surface area contributed by atoms with E-state index in [1.165, 1.54) is 6.07 Å². The van der Waals surface area contributed by atoms with Crippen LogP contribution in [0, 0.1) is 11.7 Å². The zero-order valence-electron chi connectivity index (χ0n) is 16.8. The van der Waals surface area contributed by atoms with Crippen LogP contribution in [0.3, 0.4) is 0 Å². The molecule has 13 heteroatoms. The number of piperidine rings is 1. The number of nitrogens with zero attached hydrogens (tertiary/aromatic N) is 3. The number of rotatable bonds is 7. The minimum absolute atomic E-state index is 0.0205. The van der Waals surface area contributed by atoms with Crippen molar-refractivity contribution in [2.75, 3.05) is 26.2 Å². The summed E-state index contributed by atoms with van der Waals surface area (Å²) in [6, 6.07) is 6.31. The van der Waals surface area contributed by atoms with Crippen LogP contribution in [0.4, 0.5) is 17.6 Å². The zero-order chi connectivity index (χ0) is 23.7. The highest BCUT2D eigenvalue weighted by Crippen LogP contribution is 2.22. The van der Waals surface area contributed by atoms with Crippen LogP contribution in [0.15, 0.2) is 28.8 Å². The lowest BCUT2D eigenvalue weighted by Gasteiger charge is -2.31. The van der Waals surface area contributed by atoms with Gasteiger partial charge in [-0.2, -0.15) is 18.2 Å². The van der Waals surface area contributed by atoms with Gasteiger partial charge in [-0.25, -0.2) is 9.18 Å². The summed E-state index contributed by atoms with van der Waals surface area (Å²) in [6.07, 6.45) is -2.98. The maximum absolute atomic E-state index is 13.8. The fourth-order valence-electron chi connectivity index (χ4n) is 3.11. The van der Waals surface area contributed by atoms with E-state index in [2.05, 4.69) is 20.4 Å². The predicted molar refractivity (Wildman–Crippen MR) is 102 cm³/mol. The van der Waals surface area contributed by atoms with Gasteiger partial charge in [0.25, 0.3) is 5.89 Å². The summed E-state index contributed by atoms with van der Waals surface area (Å²) >= 11 is 0. The van der Waals surface area contributed by atoms with Crippen molar-refractivity contribution in [2.24, 2.45) is 5.92 Å². The number of aromatic nitrogens is 2. The van der Waals surface area contributed by atoms with Gasteiger partial charge in [0.15, 0.2) is 5.82 Å². The molecule has 32 heavy (non-hydrogen) atoms. The molecular weight excluding hydrogens is 440 g/mol. The van der Waals surface area contributed by atoms with Gasteiger partial charge in [-0.05, 0) is 44.0 Å². The van der Waals surface area contributed by atoms with Crippen LogP contribution in [0.2, 0.25) is 0 Å². The number of likely N-dealkylation sites (tertiary alicyclic amines) is 1. The molecule has 3 rings (SSSR count). The first kappa shape index (κ1) is 25.2. The monoisotopic (exact) mass is 462 g/mol. The summed E-state index contributed by atoms with van der Waals surface area (Å²) in [7, 11) is 0. The minimum atomic E-state index is -5.08. The number of carboxylic acid groups (broad SMARTS) is 2. The average molecular weight is 462 g/mol. The summed E-state index contributed by atoms with van der Waals surface area (Å²) < 4.78 is 50.7. The summed E-state index contributed by atoms with van der Waals surface area (Å²) in [5.41, 5.74) is 0.302. The number of hydrogen-bond acceptors (Lipinski definition) is 7. The lowest BCUT2D eigenvalue weighted by atomic mass is 9.98. The number of aliphatic carboxylic acids is 2. The van der Waals surface area contributed by atoms with Crippen LogP contribution in [-0.2, 0) is 16.1 Å². The number of alkyl halides is 3. The van der Waals surface area contributed by atoms with Crippen LogP contribution in [0.25, 0.3) is 11.5 Å². The number of carboxylic acids is 2. The fourth-order valence-corrected chi connectivity index (χ4v) is 3.11. The van der Waals surface area contributed by atoms with Crippen LogP contribution in [0.1, 0.15) is 18.7 Å². The second-order valence-electron chi connectivity index (χ2n) is 7.07. The maximum atomic E-state index is 13.8. The third kappa shape index (κ3) is 8.23. The largest absolute Gasteiger partial charge is 0.490 e. The molecule has 0 aliphatic carbocycles. The second kappa shape index (κ2) is 11.5. The van der Waals surface area contributed by atoms with Gasteiger partial charge in [0.05, 0.1) is 18.7 Å². The molecule has 0 spiro atoms. The molecule has 0 saturated carbocycles. The minimum Gasteiger partial charge on any atom is -0.480 e. The van der Waals surface area contributed by atoms with Crippen molar-refractivity contribution in [2.45, 2.75) is 25.6 Å². The zero-order valence-corrected chi connectivity index (χ0v) is 16.8. The van der Waals surface area contributed by atoms with E-state index in [0.717, 1.165) is 25.9 Å². The van der Waals surface area contributed by atoms with Gasteiger partial charge in [0.2, 0.25) is 0 Å². The molecule has 1 aliphatic rings. The van der Waals surface area contributed by atoms with E-state index >= 15 is 0 Å². The first-order valence-electron chi connectivity index (χ1n) is 9.58. The van der Waals surface area contributed by atoms with E-state index < -0.39 is 18.1 Å². The Morgan fingerprint density at radius 1 is 1.25 bits per heavy atom. The van der Waals surface area contributed by atoms with Gasteiger partial charge in [0.1, 0.15) is 5.82 Å². The molecule has 0 bridgehead atoms. The summed E-state index contributed by atoms with van der Waals surface area (Å²) in [6.45, 7) is 2.96. The SMILES string of the molecule is O=C(O)C(F)(F)F.O=C(O)CNCC1CCCN(Cc2noc(-c3ccccc3F)n2)C1. The third-order valence-corrected chi connectivity index (χ3v) is 4.49. The van der Waals surface area contributed by atoms with Gasteiger partial charge >= 0.3 is 18.1 Å². The Kier molecular flexibility index (Phi) is 9.08. The first-order valence-corrected chi connectivity index (χ1v) is 9.58. The third-order valence-electron chi connectivity index (χ3n) is 4.49. The Labute approximate surface area is 180 Å². The molecule has 2 aromatic rings. The number of nitrogens with one attached hydrogen (secondary N) is 1. The number of hydrogen-bond donors (Lipinski definition) is 3.